The number of amides is 1. The molecule has 2 saturated heterocycles. The Labute approximate surface area is 172 Å². The van der Waals surface area contributed by atoms with Gasteiger partial charge < -0.3 is 19.3 Å². The predicted octanol–water partition coefficient (Wildman–Crippen LogP) is 1.98. The van der Waals surface area contributed by atoms with Crippen molar-refractivity contribution in [3.8, 4) is 5.75 Å². The number of carbonyl (C=O) groups excluding carboxylic acids is 2. The van der Waals surface area contributed by atoms with Crippen molar-refractivity contribution < 1.29 is 19.1 Å². The molecule has 1 aromatic rings. The lowest BCUT2D eigenvalue weighted by Gasteiger charge is -2.48. The van der Waals surface area contributed by atoms with Crippen molar-refractivity contribution in [1.82, 2.24) is 14.8 Å². The summed E-state index contributed by atoms with van der Waals surface area (Å²) in [6.07, 6.45) is 11.1. The topological polar surface area (TPSA) is 72.0 Å². The third kappa shape index (κ3) is 5.52. The van der Waals surface area contributed by atoms with E-state index in [9.17, 15) is 9.59 Å². The van der Waals surface area contributed by atoms with E-state index in [1.807, 2.05) is 19.1 Å². The Balaban J connectivity index is 1.54. The summed E-state index contributed by atoms with van der Waals surface area (Å²) in [5, 5.41) is 0. The largest absolute Gasteiger partial charge is 0.497 e. The van der Waals surface area contributed by atoms with Crippen molar-refractivity contribution in [1.29, 1.82) is 0 Å². The Bertz CT molecular complexity index is 769. The summed E-state index contributed by atoms with van der Waals surface area (Å²) in [5.74, 6) is 0.788. The Morgan fingerprint density at radius 3 is 2.83 bits per heavy atom. The lowest BCUT2D eigenvalue weighted by atomic mass is 9.88. The summed E-state index contributed by atoms with van der Waals surface area (Å²) < 4.78 is 11.4. The standard InChI is InChI=1S/C22H29N3O4/c1-18-21(27)25(11-4-3-5-15-26)17-22(29-18)8-13-24(14-9-22)12-7-19-16-20(28-2)6-10-23-19/h3-6,10-11,15-16,18H,7-9,12-14,17H2,1-2H3/b5-3-,11-4+. The van der Waals surface area contributed by atoms with Crippen LogP contribution in [-0.4, -0.2) is 72.0 Å². The number of hydrogen-bond acceptors (Lipinski definition) is 6. The molecule has 0 N–H and O–H groups in total. The van der Waals surface area contributed by atoms with E-state index in [0.717, 1.165) is 50.3 Å². The summed E-state index contributed by atoms with van der Waals surface area (Å²) in [4.78, 5) is 31.4. The van der Waals surface area contributed by atoms with Gasteiger partial charge in [-0.2, -0.15) is 0 Å². The molecule has 0 saturated carbocycles. The number of morpholine rings is 1. The molecule has 1 aromatic heterocycles. The number of ether oxygens (including phenoxy) is 2. The first kappa shape index (κ1) is 21.2. The second-order valence-electron chi connectivity index (χ2n) is 7.55. The van der Waals surface area contributed by atoms with Gasteiger partial charge in [-0.25, -0.2) is 0 Å². The number of aldehydes is 1. The number of allylic oxidation sites excluding steroid dienone is 3. The van der Waals surface area contributed by atoms with Crippen molar-refractivity contribution >= 4 is 12.2 Å². The summed E-state index contributed by atoms with van der Waals surface area (Å²) in [6.45, 7) is 5.14. The first-order chi connectivity index (χ1) is 14.0. The molecule has 1 unspecified atom stereocenters. The molecule has 2 aliphatic heterocycles. The van der Waals surface area contributed by atoms with Gasteiger partial charge in [-0.3, -0.25) is 14.6 Å². The Morgan fingerprint density at radius 1 is 1.31 bits per heavy atom. The van der Waals surface area contributed by atoms with Crippen molar-refractivity contribution in [3.05, 3.63) is 48.5 Å². The van der Waals surface area contributed by atoms with E-state index in [-0.39, 0.29) is 11.5 Å². The van der Waals surface area contributed by atoms with Gasteiger partial charge in [-0.15, -0.1) is 0 Å². The second kappa shape index (κ2) is 9.80. The van der Waals surface area contributed by atoms with Gasteiger partial charge in [0, 0.05) is 50.2 Å². The van der Waals surface area contributed by atoms with Gasteiger partial charge in [0.15, 0.2) is 0 Å². The highest BCUT2D eigenvalue weighted by Gasteiger charge is 2.44. The van der Waals surface area contributed by atoms with Crippen LogP contribution in [0.4, 0.5) is 0 Å². The molecule has 1 amide bonds. The van der Waals surface area contributed by atoms with Crippen LogP contribution in [0.5, 0.6) is 5.75 Å². The van der Waals surface area contributed by atoms with Crippen LogP contribution in [0.15, 0.2) is 42.8 Å². The molecule has 0 aliphatic carbocycles. The third-order valence-corrected chi connectivity index (χ3v) is 5.56. The van der Waals surface area contributed by atoms with Gasteiger partial charge in [-0.1, -0.05) is 6.08 Å². The van der Waals surface area contributed by atoms with Crippen LogP contribution in [0, 0.1) is 0 Å². The van der Waals surface area contributed by atoms with Gasteiger partial charge >= 0.3 is 0 Å². The highest BCUT2D eigenvalue weighted by Crippen LogP contribution is 2.33. The molecule has 0 radical (unpaired) electrons. The summed E-state index contributed by atoms with van der Waals surface area (Å²) >= 11 is 0. The Morgan fingerprint density at radius 2 is 2.10 bits per heavy atom. The van der Waals surface area contributed by atoms with Gasteiger partial charge in [0.25, 0.3) is 5.91 Å². The van der Waals surface area contributed by atoms with E-state index in [1.165, 1.54) is 6.08 Å². The summed E-state index contributed by atoms with van der Waals surface area (Å²) in [6, 6.07) is 3.83. The fourth-order valence-electron chi connectivity index (χ4n) is 3.93. The maximum Gasteiger partial charge on any atom is 0.255 e. The third-order valence-electron chi connectivity index (χ3n) is 5.56. The molecule has 1 spiro atoms. The number of rotatable bonds is 7. The van der Waals surface area contributed by atoms with Gasteiger partial charge in [-0.05, 0) is 38.0 Å². The number of likely N-dealkylation sites (tertiary alicyclic amines) is 1. The normalized spacial score (nSPS) is 22.6. The molecule has 7 nitrogen and oxygen atoms in total. The van der Waals surface area contributed by atoms with E-state index >= 15 is 0 Å². The average molecular weight is 399 g/mol. The maximum absolute atomic E-state index is 12.4. The number of nitrogens with zero attached hydrogens (tertiary/aromatic N) is 3. The monoisotopic (exact) mass is 399 g/mol. The van der Waals surface area contributed by atoms with Crippen molar-refractivity contribution in [2.75, 3.05) is 33.3 Å². The van der Waals surface area contributed by atoms with Gasteiger partial charge in [0.2, 0.25) is 0 Å². The molecular weight excluding hydrogens is 370 g/mol. The highest BCUT2D eigenvalue weighted by molar-refractivity contribution is 5.82. The van der Waals surface area contributed by atoms with Crippen LogP contribution in [0.2, 0.25) is 0 Å². The molecule has 1 atom stereocenters. The number of hydrogen-bond donors (Lipinski definition) is 0. The molecule has 2 fully saturated rings. The van der Waals surface area contributed by atoms with Gasteiger partial charge in [0.1, 0.15) is 18.1 Å². The van der Waals surface area contributed by atoms with Crippen LogP contribution in [0.1, 0.15) is 25.5 Å². The van der Waals surface area contributed by atoms with Crippen LogP contribution in [0.3, 0.4) is 0 Å². The minimum atomic E-state index is -0.462. The molecule has 0 aromatic carbocycles. The molecular formula is C22H29N3O4. The predicted molar refractivity (Wildman–Crippen MR) is 110 cm³/mol. The quantitative estimate of drug-likeness (QED) is 0.397. The minimum absolute atomic E-state index is 0.0436. The van der Waals surface area contributed by atoms with Crippen LogP contribution in [-0.2, 0) is 20.7 Å². The van der Waals surface area contributed by atoms with Crippen LogP contribution in [0.25, 0.3) is 0 Å². The zero-order valence-corrected chi connectivity index (χ0v) is 17.1. The number of carbonyl (C=O) groups is 2. The first-order valence-corrected chi connectivity index (χ1v) is 10.0. The fourth-order valence-corrected chi connectivity index (χ4v) is 3.93. The molecule has 29 heavy (non-hydrogen) atoms. The van der Waals surface area contributed by atoms with Crippen LogP contribution >= 0.6 is 0 Å². The van der Waals surface area contributed by atoms with Crippen molar-refractivity contribution in [3.63, 3.8) is 0 Å². The lowest BCUT2D eigenvalue weighted by Crippen LogP contribution is -2.60. The molecule has 3 heterocycles. The molecule has 3 rings (SSSR count). The Hall–Kier alpha value is -2.51. The average Bonchev–Trinajstić information content (AvgIpc) is 2.74. The maximum atomic E-state index is 12.4. The smallest absolute Gasteiger partial charge is 0.255 e. The summed E-state index contributed by atoms with van der Waals surface area (Å²) in [7, 11) is 1.66. The van der Waals surface area contributed by atoms with Crippen LogP contribution < -0.4 is 4.74 Å². The fraction of sp³-hybridized carbons (Fsp3) is 0.500. The van der Waals surface area contributed by atoms with Gasteiger partial charge in [0.05, 0.1) is 19.3 Å². The van der Waals surface area contributed by atoms with E-state index in [4.69, 9.17) is 9.47 Å². The first-order valence-electron chi connectivity index (χ1n) is 10.0. The molecule has 0 bridgehead atoms. The zero-order valence-electron chi connectivity index (χ0n) is 17.1. The van der Waals surface area contributed by atoms with Crippen molar-refractivity contribution in [2.24, 2.45) is 0 Å². The Kier molecular flexibility index (Phi) is 7.17. The second-order valence-corrected chi connectivity index (χ2v) is 7.55. The number of methoxy groups -OCH3 is 1. The molecule has 7 heteroatoms. The van der Waals surface area contributed by atoms with E-state index in [1.54, 1.807) is 36.6 Å². The lowest BCUT2D eigenvalue weighted by molar-refractivity contribution is -0.184. The van der Waals surface area contributed by atoms with E-state index < -0.39 is 6.10 Å². The number of piperidine rings is 1. The van der Waals surface area contributed by atoms with E-state index in [2.05, 4.69) is 9.88 Å². The molecule has 156 valence electrons. The SMILES string of the molecule is COc1ccnc(CCN2CCC3(CC2)CN(/C=C/C=C\C=O)C(=O)C(C)O3)c1. The minimum Gasteiger partial charge on any atom is -0.497 e. The summed E-state index contributed by atoms with van der Waals surface area (Å²) in [5.41, 5.74) is 0.717. The van der Waals surface area contributed by atoms with E-state index in [0.29, 0.717) is 12.8 Å². The number of pyridine rings is 1. The zero-order chi connectivity index (χ0) is 20.7. The molecule has 2 aliphatic rings. The van der Waals surface area contributed by atoms with Crippen molar-refractivity contribution in [2.45, 2.75) is 37.9 Å². The number of aromatic nitrogens is 1. The highest BCUT2D eigenvalue weighted by atomic mass is 16.5.